The zero-order valence-corrected chi connectivity index (χ0v) is 15.4. The molecule has 0 radical (unpaired) electrons. The molecule has 0 aliphatic carbocycles. The topological polar surface area (TPSA) is 50.1 Å². The Morgan fingerprint density at radius 1 is 1.14 bits per heavy atom. The van der Waals surface area contributed by atoms with Crippen molar-refractivity contribution in [2.24, 2.45) is 16.9 Å². The number of thiocarbonyl (C=S) groups is 1. The molecule has 0 aromatic rings. The van der Waals surface area contributed by atoms with Gasteiger partial charge in [-0.2, -0.15) is 5.10 Å². The molecule has 1 saturated heterocycles. The highest BCUT2D eigenvalue weighted by atomic mass is 32.1. The van der Waals surface area contributed by atoms with E-state index in [1.54, 1.807) is 4.90 Å². The number of quaternary nitrogens is 1. The molecule has 0 unspecified atom stereocenters. The SMILES string of the molecule is CC(C)CC(CC(C)C)=NNC(=S)NCC[NH+]1CCOCC1. The molecule has 0 saturated carbocycles. The fourth-order valence-electron chi connectivity index (χ4n) is 2.55. The predicted molar refractivity (Wildman–Crippen MR) is 96.5 cm³/mol. The summed E-state index contributed by atoms with van der Waals surface area (Å²) < 4.78 is 5.36. The van der Waals surface area contributed by atoms with Crippen molar-refractivity contribution in [3.8, 4) is 0 Å². The minimum absolute atomic E-state index is 0.616. The lowest BCUT2D eigenvalue weighted by molar-refractivity contribution is -0.906. The van der Waals surface area contributed by atoms with Gasteiger partial charge in [-0.05, 0) is 36.9 Å². The van der Waals surface area contributed by atoms with Crippen molar-refractivity contribution in [3.63, 3.8) is 0 Å². The van der Waals surface area contributed by atoms with Gasteiger partial charge < -0.3 is 15.0 Å². The smallest absolute Gasteiger partial charge is 0.187 e. The van der Waals surface area contributed by atoms with Crippen LogP contribution < -0.4 is 15.6 Å². The molecular weight excluding hydrogens is 296 g/mol. The second-order valence-corrected chi connectivity index (χ2v) is 7.26. The fraction of sp³-hybridized carbons (Fsp3) is 0.875. The summed E-state index contributed by atoms with van der Waals surface area (Å²) in [5, 5.41) is 8.37. The lowest BCUT2D eigenvalue weighted by Gasteiger charge is -2.23. The van der Waals surface area contributed by atoms with Crippen molar-refractivity contribution < 1.29 is 9.64 Å². The highest BCUT2D eigenvalue weighted by Gasteiger charge is 2.13. The summed E-state index contributed by atoms with van der Waals surface area (Å²) in [4.78, 5) is 1.57. The van der Waals surface area contributed by atoms with E-state index >= 15 is 0 Å². The van der Waals surface area contributed by atoms with E-state index in [4.69, 9.17) is 17.0 Å². The lowest BCUT2D eigenvalue weighted by atomic mass is 9.99. The predicted octanol–water partition coefficient (Wildman–Crippen LogP) is 0.814. The number of hydrogen-bond acceptors (Lipinski definition) is 3. The van der Waals surface area contributed by atoms with Crippen molar-refractivity contribution in [2.75, 3.05) is 39.4 Å². The van der Waals surface area contributed by atoms with Crippen LogP contribution >= 0.6 is 12.2 Å². The van der Waals surface area contributed by atoms with E-state index in [-0.39, 0.29) is 0 Å². The summed E-state index contributed by atoms with van der Waals surface area (Å²) in [6.07, 6.45) is 2.04. The maximum absolute atomic E-state index is 5.36. The van der Waals surface area contributed by atoms with E-state index in [1.165, 1.54) is 5.71 Å². The van der Waals surface area contributed by atoms with Gasteiger partial charge in [0.15, 0.2) is 5.11 Å². The first kappa shape index (κ1) is 19.3. The Balaban J connectivity index is 2.26. The maximum Gasteiger partial charge on any atom is 0.187 e. The first-order valence-electron chi connectivity index (χ1n) is 8.48. The van der Waals surface area contributed by atoms with Gasteiger partial charge >= 0.3 is 0 Å². The van der Waals surface area contributed by atoms with Crippen molar-refractivity contribution in [1.29, 1.82) is 0 Å². The van der Waals surface area contributed by atoms with Gasteiger partial charge in [-0.25, -0.2) is 0 Å². The minimum atomic E-state index is 0.616. The van der Waals surface area contributed by atoms with Gasteiger partial charge in [0.1, 0.15) is 13.1 Å². The average Bonchev–Trinajstić information content (AvgIpc) is 2.45. The molecule has 1 aliphatic rings. The zero-order chi connectivity index (χ0) is 16.4. The number of morpholine rings is 1. The van der Waals surface area contributed by atoms with Gasteiger partial charge in [0, 0.05) is 5.71 Å². The molecule has 0 atom stereocenters. The van der Waals surface area contributed by atoms with Gasteiger partial charge in [-0.15, -0.1) is 0 Å². The minimum Gasteiger partial charge on any atom is -0.370 e. The third kappa shape index (κ3) is 9.33. The van der Waals surface area contributed by atoms with Crippen LogP contribution in [-0.4, -0.2) is 50.2 Å². The number of hydrogen-bond donors (Lipinski definition) is 3. The van der Waals surface area contributed by atoms with Gasteiger partial charge in [0.25, 0.3) is 0 Å². The van der Waals surface area contributed by atoms with E-state index in [0.29, 0.717) is 16.9 Å². The molecule has 5 nitrogen and oxygen atoms in total. The molecule has 1 fully saturated rings. The van der Waals surface area contributed by atoms with Crippen molar-refractivity contribution in [3.05, 3.63) is 0 Å². The number of nitrogens with zero attached hydrogens (tertiary/aromatic N) is 1. The Bertz CT molecular complexity index is 340. The van der Waals surface area contributed by atoms with Crippen LogP contribution in [0.3, 0.4) is 0 Å². The van der Waals surface area contributed by atoms with Gasteiger partial charge in [-0.3, -0.25) is 5.43 Å². The molecule has 3 N–H and O–H groups in total. The van der Waals surface area contributed by atoms with Gasteiger partial charge in [0.2, 0.25) is 0 Å². The largest absolute Gasteiger partial charge is 0.370 e. The number of hydrazone groups is 1. The molecule has 0 spiro atoms. The van der Waals surface area contributed by atoms with Crippen LogP contribution in [-0.2, 0) is 4.74 Å². The zero-order valence-electron chi connectivity index (χ0n) is 14.6. The Morgan fingerprint density at radius 3 is 2.27 bits per heavy atom. The standard InChI is InChI=1S/C16H32N4OS/c1-13(2)11-15(12-14(3)4)18-19-16(22)17-5-6-20-7-9-21-10-8-20/h13-14H,5-12H2,1-4H3,(H2,17,19,22)/p+1. The molecule has 0 bridgehead atoms. The van der Waals surface area contributed by atoms with Crippen LogP contribution in [0.2, 0.25) is 0 Å². The number of nitrogens with one attached hydrogen (secondary N) is 3. The third-order valence-corrected chi connectivity index (χ3v) is 3.80. The molecule has 0 aromatic carbocycles. The van der Waals surface area contributed by atoms with Crippen LogP contribution in [0.4, 0.5) is 0 Å². The van der Waals surface area contributed by atoms with Crippen LogP contribution in [0, 0.1) is 11.8 Å². The highest BCUT2D eigenvalue weighted by molar-refractivity contribution is 7.80. The molecule has 128 valence electrons. The van der Waals surface area contributed by atoms with E-state index < -0.39 is 0 Å². The van der Waals surface area contributed by atoms with Crippen LogP contribution in [0.25, 0.3) is 0 Å². The Morgan fingerprint density at radius 2 is 1.73 bits per heavy atom. The summed E-state index contributed by atoms with van der Waals surface area (Å²) in [5.74, 6) is 1.23. The average molecular weight is 330 g/mol. The molecule has 22 heavy (non-hydrogen) atoms. The summed E-state index contributed by atoms with van der Waals surface area (Å²) in [6, 6.07) is 0. The summed E-state index contributed by atoms with van der Waals surface area (Å²) in [5.41, 5.74) is 4.21. The quantitative estimate of drug-likeness (QED) is 0.350. The van der Waals surface area contributed by atoms with Crippen LogP contribution in [0.5, 0.6) is 0 Å². The molecule has 1 rings (SSSR count). The van der Waals surface area contributed by atoms with Crippen molar-refractivity contribution in [2.45, 2.75) is 40.5 Å². The van der Waals surface area contributed by atoms with E-state index in [1.807, 2.05) is 0 Å². The second kappa shape index (κ2) is 10.9. The maximum atomic E-state index is 5.36. The van der Waals surface area contributed by atoms with Crippen molar-refractivity contribution >= 4 is 23.0 Å². The molecule has 6 heteroatoms. The monoisotopic (exact) mass is 329 g/mol. The number of ether oxygens (including phenoxy) is 1. The van der Waals surface area contributed by atoms with Crippen molar-refractivity contribution in [1.82, 2.24) is 10.7 Å². The first-order chi connectivity index (χ1) is 10.5. The Hall–Kier alpha value is -0.720. The lowest BCUT2D eigenvalue weighted by Crippen LogP contribution is -3.14. The van der Waals surface area contributed by atoms with E-state index in [0.717, 1.165) is 52.2 Å². The Kier molecular flexibility index (Phi) is 9.59. The normalized spacial score (nSPS) is 15.9. The summed E-state index contributed by atoms with van der Waals surface area (Å²) in [6.45, 7) is 14.7. The molecule has 1 heterocycles. The third-order valence-electron chi connectivity index (χ3n) is 3.57. The summed E-state index contributed by atoms with van der Waals surface area (Å²) >= 11 is 5.30. The van der Waals surface area contributed by atoms with Crippen LogP contribution in [0.15, 0.2) is 5.10 Å². The first-order valence-corrected chi connectivity index (χ1v) is 8.88. The molecule has 1 aliphatic heterocycles. The van der Waals surface area contributed by atoms with Gasteiger partial charge in [0.05, 0.1) is 26.3 Å². The second-order valence-electron chi connectivity index (χ2n) is 6.85. The van der Waals surface area contributed by atoms with E-state index in [9.17, 15) is 0 Å². The number of rotatable bonds is 8. The molecule has 0 amide bonds. The molecular formula is C16H33N4OS+. The van der Waals surface area contributed by atoms with Gasteiger partial charge in [-0.1, -0.05) is 27.7 Å². The van der Waals surface area contributed by atoms with Crippen LogP contribution in [0.1, 0.15) is 40.5 Å². The highest BCUT2D eigenvalue weighted by Crippen LogP contribution is 2.09. The fourth-order valence-corrected chi connectivity index (χ4v) is 2.70. The summed E-state index contributed by atoms with van der Waals surface area (Å²) in [7, 11) is 0. The Labute approximate surface area is 140 Å². The van der Waals surface area contributed by atoms with E-state index in [2.05, 4.69) is 43.5 Å². The molecule has 0 aromatic heterocycles.